The molecule has 3 rings (SSSR count). The van der Waals surface area contributed by atoms with Crippen molar-refractivity contribution in [2.45, 2.75) is 19.8 Å². The van der Waals surface area contributed by atoms with Crippen LogP contribution in [0.5, 0.6) is 5.75 Å². The molecule has 0 unspecified atom stereocenters. The van der Waals surface area contributed by atoms with Crippen LogP contribution in [0.4, 0.5) is 5.69 Å². The van der Waals surface area contributed by atoms with E-state index in [4.69, 9.17) is 9.47 Å². The lowest BCUT2D eigenvalue weighted by molar-refractivity contribution is -0.384. The second kappa shape index (κ2) is 9.45. The van der Waals surface area contributed by atoms with E-state index < -0.39 is 10.9 Å². The molecule has 0 atom stereocenters. The molecule has 0 saturated heterocycles. The summed E-state index contributed by atoms with van der Waals surface area (Å²) in [5, 5.41) is 10.8. The molecule has 0 N–H and O–H groups in total. The predicted molar refractivity (Wildman–Crippen MR) is 110 cm³/mol. The monoisotopic (exact) mass is 392 g/mol. The standard InChI is InChI=1S/C22H20N2O5/c1-2-3-13-28-19-10-7-17(8-11-19)15-20-22(25)29-21(23-20)12-9-16-5-4-6-18(14-16)24(26)27/h4-12,14-15H,2-3,13H2,1H3/b12-9-,20-15+. The van der Waals surface area contributed by atoms with Crippen molar-refractivity contribution in [1.29, 1.82) is 0 Å². The molecule has 7 nitrogen and oxygen atoms in total. The summed E-state index contributed by atoms with van der Waals surface area (Å²) in [5.74, 6) is 0.359. The molecular weight excluding hydrogens is 372 g/mol. The minimum absolute atomic E-state index is 0.0137. The van der Waals surface area contributed by atoms with Gasteiger partial charge in [0.25, 0.3) is 5.69 Å². The van der Waals surface area contributed by atoms with E-state index in [0.717, 1.165) is 24.2 Å². The molecule has 0 saturated carbocycles. The third kappa shape index (κ3) is 5.62. The van der Waals surface area contributed by atoms with E-state index in [2.05, 4.69) is 11.9 Å². The lowest BCUT2D eigenvalue weighted by atomic mass is 10.2. The van der Waals surface area contributed by atoms with Crippen LogP contribution in [0.1, 0.15) is 30.9 Å². The fraction of sp³-hybridized carbons (Fsp3) is 0.182. The predicted octanol–water partition coefficient (Wildman–Crippen LogP) is 4.78. The lowest BCUT2D eigenvalue weighted by Crippen LogP contribution is -2.01. The first kappa shape index (κ1) is 20.0. The van der Waals surface area contributed by atoms with Crippen molar-refractivity contribution in [1.82, 2.24) is 0 Å². The maximum absolute atomic E-state index is 12.0. The molecule has 1 aliphatic rings. The van der Waals surface area contributed by atoms with E-state index in [-0.39, 0.29) is 17.3 Å². The van der Waals surface area contributed by atoms with Crippen molar-refractivity contribution in [2.75, 3.05) is 6.61 Å². The molecule has 29 heavy (non-hydrogen) atoms. The number of nitro benzene ring substituents is 1. The summed E-state index contributed by atoms with van der Waals surface area (Å²) in [6.45, 7) is 2.78. The van der Waals surface area contributed by atoms with Crippen molar-refractivity contribution in [3.63, 3.8) is 0 Å². The average Bonchev–Trinajstić information content (AvgIpc) is 3.07. The molecule has 0 radical (unpaired) electrons. The number of carbonyl (C=O) groups is 1. The zero-order chi connectivity index (χ0) is 20.6. The van der Waals surface area contributed by atoms with Crippen molar-refractivity contribution >= 4 is 29.7 Å². The second-order valence-corrected chi connectivity index (χ2v) is 6.33. The highest BCUT2D eigenvalue weighted by molar-refractivity contribution is 6.11. The van der Waals surface area contributed by atoms with Gasteiger partial charge in [-0.3, -0.25) is 10.1 Å². The van der Waals surface area contributed by atoms with Crippen molar-refractivity contribution in [3.8, 4) is 5.75 Å². The fourth-order valence-corrected chi connectivity index (χ4v) is 2.56. The number of unbranched alkanes of at least 4 members (excludes halogenated alkanes) is 1. The number of aliphatic imine (C=N–C) groups is 1. The maximum atomic E-state index is 12.0. The quantitative estimate of drug-likeness (QED) is 0.212. The van der Waals surface area contributed by atoms with Gasteiger partial charge in [-0.05, 0) is 41.8 Å². The largest absolute Gasteiger partial charge is 0.494 e. The van der Waals surface area contributed by atoms with E-state index in [1.807, 2.05) is 24.3 Å². The lowest BCUT2D eigenvalue weighted by Gasteiger charge is -2.05. The normalized spacial score (nSPS) is 14.9. The van der Waals surface area contributed by atoms with Gasteiger partial charge in [-0.25, -0.2) is 9.79 Å². The second-order valence-electron chi connectivity index (χ2n) is 6.33. The van der Waals surface area contributed by atoms with Crippen molar-refractivity contribution < 1.29 is 19.2 Å². The van der Waals surface area contributed by atoms with Gasteiger partial charge in [0.2, 0.25) is 5.90 Å². The highest BCUT2D eigenvalue weighted by Crippen LogP contribution is 2.20. The van der Waals surface area contributed by atoms with Crippen LogP contribution >= 0.6 is 0 Å². The van der Waals surface area contributed by atoms with Gasteiger partial charge in [-0.1, -0.05) is 37.6 Å². The van der Waals surface area contributed by atoms with Gasteiger partial charge in [-0.15, -0.1) is 0 Å². The summed E-state index contributed by atoms with van der Waals surface area (Å²) in [6, 6.07) is 13.5. The molecule has 0 aliphatic carbocycles. The van der Waals surface area contributed by atoms with Gasteiger partial charge in [0.05, 0.1) is 11.5 Å². The molecule has 148 valence electrons. The number of carbonyl (C=O) groups excluding carboxylic acids is 1. The van der Waals surface area contributed by atoms with Gasteiger partial charge in [-0.2, -0.15) is 0 Å². The van der Waals surface area contributed by atoms with E-state index >= 15 is 0 Å². The molecule has 1 heterocycles. The van der Waals surface area contributed by atoms with Gasteiger partial charge in [0.15, 0.2) is 5.70 Å². The van der Waals surface area contributed by atoms with Gasteiger partial charge in [0, 0.05) is 18.2 Å². The molecule has 2 aromatic carbocycles. The summed E-state index contributed by atoms with van der Waals surface area (Å²) in [7, 11) is 0. The Hall–Kier alpha value is -3.74. The Kier molecular flexibility index (Phi) is 6.52. The number of rotatable bonds is 8. The molecule has 7 heteroatoms. The molecule has 0 fully saturated rings. The number of cyclic esters (lactones) is 1. The van der Waals surface area contributed by atoms with Gasteiger partial charge >= 0.3 is 5.97 Å². The topological polar surface area (TPSA) is 91.0 Å². The number of non-ortho nitro benzene ring substituents is 1. The Morgan fingerprint density at radius 3 is 2.66 bits per heavy atom. The summed E-state index contributed by atoms with van der Waals surface area (Å²) >= 11 is 0. The molecule has 2 aromatic rings. The Balaban J connectivity index is 1.69. The van der Waals surface area contributed by atoms with Crippen LogP contribution in [0, 0.1) is 10.1 Å². The van der Waals surface area contributed by atoms with Crippen molar-refractivity contribution in [2.24, 2.45) is 4.99 Å². The van der Waals surface area contributed by atoms with Crippen LogP contribution in [0.3, 0.4) is 0 Å². The molecule has 1 aliphatic heterocycles. The summed E-state index contributed by atoms with van der Waals surface area (Å²) in [5.41, 5.74) is 1.57. The number of ether oxygens (including phenoxy) is 2. The van der Waals surface area contributed by atoms with Crippen LogP contribution in [-0.2, 0) is 9.53 Å². The van der Waals surface area contributed by atoms with E-state index in [1.54, 1.807) is 24.3 Å². The maximum Gasteiger partial charge on any atom is 0.363 e. The molecule has 0 bridgehead atoms. The molecular formula is C22H20N2O5. The summed E-state index contributed by atoms with van der Waals surface area (Å²) < 4.78 is 10.7. The van der Waals surface area contributed by atoms with Gasteiger partial charge < -0.3 is 9.47 Å². The molecule has 0 aromatic heterocycles. The smallest absolute Gasteiger partial charge is 0.363 e. The minimum atomic E-state index is -0.549. The molecule has 0 amide bonds. The zero-order valence-electron chi connectivity index (χ0n) is 15.9. The average molecular weight is 392 g/mol. The fourth-order valence-electron chi connectivity index (χ4n) is 2.56. The van der Waals surface area contributed by atoms with E-state index in [1.165, 1.54) is 18.2 Å². The Labute approximate surface area is 168 Å². The number of hydrogen-bond acceptors (Lipinski definition) is 6. The molecule has 0 spiro atoms. The number of nitro groups is 1. The first-order valence-corrected chi connectivity index (χ1v) is 9.23. The zero-order valence-corrected chi connectivity index (χ0v) is 15.9. The minimum Gasteiger partial charge on any atom is -0.494 e. The third-order valence-electron chi connectivity index (χ3n) is 4.09. The Morgan fingerprint density at radius 2 is 1.93 bits per heavy atom. The van der Waals surface area contributed by atoms with E-state index in [0.29, 0.717) is 12.2 Å². The van der Waals surface area contributed by atoms with Crippen LogP contribution in [-0.4, -0.2) is 23.4 Å². The summed E-state index contributed by atoms with van der Waals surface area (Å²) in [4.78, 5) is 26.6. The van der Waals surface area contributed by atoms with Crippen molar-refractivity contribution in [3.05, 3.63) is 81.5 Å². The van der Waals surface area contributed by atoms with Crippen LogP contribution in [0.25, 0.3) is 12.2 Å². The first-order chi connectivity index (χ1) is 14.0. The Bertz CT molecular complexity index is 991. The highest BCUT2D eigenvalue weighted by atomic mass is 16.6. The Morgan fingerprint density at radius 1 is 1.14 bits per heavy atom. The number of hydrogen-bond donors (Lipinski definition) is 0. The van der Waals surface area contributed by atoms with Crippen LogP contribution in [0.2, 0.25) is 0 Å². The summed E-state index contributed by atoms with van der Waals surface area (Å²) in [6.07, 6.45) is 6.81. The number of nitrogens with zero attached hydrogens (tertiary/aromatic N) is 2. The van der Waals surface area contributed by atoms with Crippen LogP contribution < -0.4 is 4.74 Å². The van der Waals surface area contributed by atoms with Gasteiger partial charge in [0.1, 0.15) is 5.75 Å². The first-order valence-electron chi connectivity index (χ1n) is 9.23. The number of benzene rings is 2. The van der Waals surface area contributed by atoms with E-state index in [9.17, 15) is 14.9 Å². The third-order valence-corrected chi connectivity index (χ3v) is 4.09. The van der Waals surface area contributed by atoms with Crippen LogP contribution in [0.15, 0.2) is 65.3 Å². The number of esters is 1. The highest BCUT2D eigenvalue weighted by Gasteiger charge is 2.21. The SMILES string of the molecule is CCCCOc1ccc(/C=C2N=C(/C=C\c3cccc([N+](=O)[O-])c3)OC/2=O)cc1.